The number of rotatable bonds is 8. The van der Waals surface area contributed by atoms with Crippen LogP contribution in [0, 0.1) is 20.8 Å². The number of anilines is 3. The smallest absolute Gasteiger partial charge is 0.160 e. The molecule has 0 saturated heterocycles. The van der Waals surface area contributed by atoms with Gasteiger partial charge in [0.05, 0.1) is 22.4 Å². The average molecular weight is 759 g/mol. The van der Waals surface area contributed by atoms with Crippen LogP contribution in [-0.2, 0) is 0 Å². The SMILES string of the molecule is Cc1cccc(-c2cc(-c3ccc(-c4ccc(-n5c6ccccc6c6cc(N(c7ccccc7)c7ccccc7)ccc65)c(C)c4)cc3)nc(-c3cccc(C)c3)n2)c1. The highest BCUT2D eigenvalue weighted by Gasteiger charge is 2.18. The summed E-state index contributed by atoms with van der Waals surface area (Å²) in [6.45, 7) is 6.44. The van der Waals surface area contributed by atoms with Crippen molar-refractivity contribution in [1.82, 2.24) is 14.5 Å². The molecule has 10 aromatic rings. The summed E-state index contributed by atoms with van der Waals surface area (Å²) in [5.74, 6) is 0.726. The number of benzene rings is 8. The van der Waals surface area contributed by atoms with Crippen molar-refractivity contribution in [1.29, 1.82) is 0 Å². The van der Waals surface area contributed by atoms with Crippen molar-refractivity contribution >= 4 is 38.9 Å². The fourth-order valence-electron chi connectivity index (χ4n) is 8.34. The minimum Gasteiger partial charge on any atom is -0.310 e. The molecule has 0 aliphatic rings. The monoisotopic (exact) mass is 758 g/mol. The molecule has 4 nitrogen and oxygen atoms in total. The van der Waals surface area contributed by atoms with Gasteiger partial charge in [-0.1, -0.05) is 132 Å². The first-order chi connectivity index (χ1) is 29.0. The highest BCUT2D eigenvalue weighted by Crippen LogP contribution is 2.40. The Labute approximate surface area is 345 Å². The van der Waals surface area contributed by atoms with E-state index in [0.29, 0.717) is 0 Å². The molecule has 0 aliphatic heterocycles. The van der Waals surface area contributed by atoms with Gasteiger partial charge in [-0.25, -0.2) is 9.97 Å². The third kappa shape index (κ3) is 6.85. The fraction of sp³-hybridized carbons (Fsp3) is 0.0545. The second-order valence-electron chi connectivity index (χ2n) is 15.3. The average Bonchev–Trinajstić information content (AvgIpc) is 3.60. The van der Waals surface area contributed by atoms with Crippen molar-refractivity contribution in [3.05, 3.63) is 217 Å². The molecule has 0 spiro atoms. The molecule has 2 aromatic heterocycles. The molecule has 2 heterocycles. The van der Waals surface area contributed by atoms with E-state index in [4.69, 9.17) is 9.97 Å². The summed E-state index contributed by atoms with van der Waals surface area (Å²) in [6, 6.07) is 71.4. The highest BCUT2D eigenvalue weighted by molar-refractivity contribution is 6.10. The molecule has 0 saturated carbocycles. The van der Waals surface area contributed by atoms with Crippen LogP contribution in [0.3, 0.4) is 0 Å². The van der Waals surface area contributed by atoms with Crippen molar-refractivity contribution in [2.24, 2.45) is 0 Å². The Morgan fingerprint density at radius 3 is 1.63 bits per heavy atom. The van der Waals surface area contributed by atoms with Crippen LogP contribution in [0.4, 0.5) is 17.1 Å². The van der Waals surface area contributed by atoms with Gasteiger partial charge in [0, 0.05) is 50.2 Å². The first kappa shape index (κ1) is 35.8. The van der Waals surface area contributed by atoms with E-state index in [-0.39, 0.29) is 0 Å². The van der Waals surface area contributed by atoms with Crippen molar-refractivity contribution in [3.8, 4) is 50.7 Å². The Balaban J connectivity index is 1.01. The van der Waals surface area contributed by atoms with Gasteiger partial charge in [0.15, 0.2) is 5.82 Å². The van der Waals surface area contributed by atoms with Crippen LogP contribution in [0.5, 0.6) is 0 Å². The molecule has 8 aromatic carbocycles. The zero-order chi connectivity index (χ0) is 39.9. The molecule has 0 radical (unpaired) electrons. The molecular weight excluding hydrogens is 717 g/mol. The first-order valence-electron chi connectivity index (χ1n) is 20.2. The second kappa shape index (κ2) is 15.1. The van der Waals surface area contributed by atoms with Crippen molar-refractivity contribution in [3.63, 3.8) is 0 Å². The lowest BCUT2D eigenvalue weighted by Crippen LogP contribution is -2.09. The zero-order valence-electron chi connectivity index (χ0n) is 33.3. The van der Waals surface area contributed by atoms with E-state index < -0.39 is 0 Å². The topological polar surface area (TPSA) is 34.0 Å². The van der Waals surface area contributed by atoms with E-state index in [1.165, 1.54) is 49.7 Å². The van der Waals surface area contributed by atoms with Crippen molar-refractivity contribution < 1.29 is 0 Å². The van der Waals surface area contributed by atoms with Crippen LogP contribution in [0.1, 0.15) is 16.7 Å². The summed E-state index contributed by atoms with van der Waals surface area (Å²) in [7, 11) is 0. The Hall–Kier alpha value is -7.56. The predicted molar refractivity (Wildman–Crippen MR) is 247 cm³/mol. The lowest BCUT2D eigenvalue weighted by Gasteiger charge is -2.25. The van der Waals surface area contributed by atoms with Crippen LogP contribution in [0.25, 0.3) is 72.5 Å². The molecule has 4 heteroatoms. The van der Waals surface area contributed by atoms with Gasteiger partial charge >= 0.3 is 0 Å². The Bertz CT molecular complexity index is 3020. The van der Waals surface area contributed by atoms with Crippen molar-refractivity contribution in [2.45, 2.75) is 20.8 Å². The number of para-hydroxylation sites is 3. The molecule has 59 heavy (non-hydrogen) atoms. The van der Waals surface area contributed by atoms with Gasteiger partial charge in [-0.05, 0) is 116 Å². The fourth-order valence-corrected chi connectivity index (χ4v) is 8.34. The number of hydrogen-bond donors (Lipinski definition) is 0. The van der Waals surface area contributed by atoms with E-state index in [9.17, 15) is 0 Å². The molecule has 0 unspecified atom stereocenters. The molecule has 0 fully saturated rings. The van der Waals surface area contributed by atoms with Crippen LogP contribution >= 0.6 is 0 Å². The quantitative estimate of drug-likeness (QED) is 0.155. The third-order valence-electron chi connectivity index (χ3n) is 11.2. The summed E-state index contributed by atoms with van der Waals surface area (Å²) in [4.78, 5) is 12.5. The molecule has 0 aliphatic carbocycles. The van der Waals surface area contributed by atoms with E-state index in [2.05, 4.69) is 230 Å². The van der Waals surface area contributed by atoms with Crippen LogP contribution in [-0.4, -0.2) is 14.5 Å². The van der Waals surface area contributed by atoms with Crippen molar-refractivity contribution in [2.75, 3.05) is 4.90 Å². The maximum Gasteiger partial charge on any atom is 0.160 e. The molecule has 0 atom stereocenters. The van der Waals surface area contributed by atoms with Gasteiger partial charge in [0.25, 0.3) is 0 Å². The first-order valence-corrected chi connectivity index (χ1v) is 20.2. The molecule has 0 N–H and O–H groups in total. The van der Waals surface area contributed by atoms with Gasteiger partial charge in [0.1, 0.15) is 0 Å². The number of fused-ring (bicyclic) bond motifs is 3. The summed E-state index contributed by atoms with van der Waals surface area (Å²) in [5.41, 5.74) is 17.8. The van der Waals surface area contributed by atoms with Gasteiger partial charge in [-0.15, -0.1) is 0 Å². The highest BCUT2D eigenvalue weighted by atomic mass is 15.1. The largest absolute Gasteiger partial charge is 0.310 e. The standard InChI is InChI=1S/C55H42N4/c1-37-14-12-16-43(32-37)51-36-50(56-55(57-51)44-17-13-15-38(2)33-44)41-26-24-40(25-27-41)42-28-30-52(39(3)34-42)59-53-23-11-10-22-48(53)49-35-47(29-31-54(49)59)58(45-18-6-4-7-19-45)46-20-8-5-9-21-46/h4-36H,1-3H3. The van der Waals surface area contributed by atoms with E-state index in [1.54, 1.807) is 0 Å². The lowest BCUT2D eigenvalue weighted by molar-refractivity contribution is 1.15. The Morgan fingerprint density at radius 2 is 0.949 bits per heavy atom. The maximum atomic E-state index is 5.10. The normalized spacial score (nSPS) is 11.3. The predicted octanol–water partition coefficient (Wildman–Crippen LogP) is 14.6. The number of aromatic nitrogens is 3. The van der Waals surface area contributed by atoms with Gasteiger partial charge < -0.3 is 9.47 Å². The van der Waals surface area contributed by atoms with E-state index in [0.717, 1.165) is 56.5 Å². The third-order valence-corrected chi connectivity index (χ3v) is 11.2. The van der Waals surface area contributed by atoms with Gasteiger partial charge in [-0.2, -0.15) is 0 Å². The lowest BCUT2D eigenvalue weighted by atomic mass is 9.99. The van der Waals surface area contributed by atoms with Crippen LogP contribution < -0.4 is 4.90 Å². The summed E-state index contributed by atoms with van der Waals surface area (Å²) >= 11 is 0. The van der Waals surface area contributed by atoms with Gasteiger partial charge in [-0.3, -0.25) is 0 Å². The zero-order valence-corrected chi connectivity index (χ0v) is 33.3. The Morgan fingerprint density at radius 1 is 0.373 bits per heavy atom. The number of nitrogens with zero attached hydrogens (tertiary/aromatic N) is 4. The molecule has 0 amide bonds. The van der Waals surface area contributed by atoms with E-state index in [1.807, 2.05) is 0 Å². The minimum absolute atomic E-state index is 0.726. The second-order valence-corrected chi connectivity index (χ2v) is 15.3. The minimum atomic E-state index is 0.726. The van der Waals surface area contributed by atoms with Gasteiger partial charge in [0.2, 0.25) is 0 Å². The maximum absolute atomic E-state index is 5.10. The summed E-state index contributed by atoms with van der Waals surface area (Å²) in [6.07, 6.45) is 0. The molecular formula is C55H42N4. The Kier molecular flexibility index (Phi) is 9.15. The number of hydrogen-bond acceptors (Lipinski definition) is 3. The van der Waals surface area contributed by atoms with Crippen LogP contribution in [0.15, 0.2) is 200 Å². The molecule has 282 valence electrons. The summed E-state index contributed by atoms with van der Waals surface area (Å²) in [5, 5.41) is 2.44. The summed E-state index contributed by atoms with van der Waals surface area (Å²) < 4.78 is 2.42. The van der Waals surface area contributed by atoms with Crippen LogP contribution in [0.2, 0.25) is 0 Å². The number of aryl methyl sites for hydroxylation is 3. The van der Waals surface area contributed by atoms with E-state index >= 15 is 0 Å². The molecule has 10 rings (SSSR count). The molecule has 0 bridgehead atoms.